The third-order valence-electron chi connectivity index (χ3n) is 2.00. The minimum atomic E-state index is -4.28. The standard InChI is InChI=1S/C8H6F2N2O4S/c9-4-1-2-5(13)8(7(4)10)12-3-6(14)11-17(12,15)16/h1-3,11,13-14H. The minimum absolute atomic E-state index is 0.204. The highest BCUT2D eigenvalue weighted by molar-refractivity contribution is 7.91. The molecule has 0 amide bonds. The van der Waals surface area contributed by atoms with Crippen molar-refractivity contribution in [2.75, 3.05) is 4.31 Å². The number of aliphatic hydroxyl groups is 1. The lowest BCUT2D eigenvalue weighted by atomic mass is 10.2. The van der Waals surface area contributed by atoms with E-state index in [1.165, 1.54) is 0 Å². The Balaban J connectivity index is 2.67. The summed E-state index contributed by atoms with van der Waals surface area (Å²) in [4.78, 5) is 0. The van der Waals surface area contributed by atoms with Crippen LogP contribution in [-0.2, 0) is 10.2 Å². The van der Waals surface area contributed by atoms with Crippen LogP contribution in [-0.4, -0.2) is 18.6 Å². The fraction of sp³-hybridized carbons (Fsp3) is 0. The molecule has 1 aliphatic heterocycles. The van der Waals surface area contributed by atoms with E-state index in [9.17, 15) is 22.3 Å². The topological polar surface area (TPSA) is 89.9 Å². The average molecular weight is 264 g/mol. The summed E-state index contributed by atoms with van der Waals surface area (Å²) in [6.45, 7) is 0. The Kier molecular flexibility index (Phi) is 2.35. The highest BCUT2D eigenvalue weighted by atomic mass is 32.2. The first-order valence-corrected chi connectivity index (χ1v) is 5.67. The predicted octanol–water partition coefficient (Wildman–Crippen LogP) is 0.682. The van der Waals surface area contributed by atoms with Gasteiger partial charge in [-0.1, -0.05) is 0 Å². The van der Waals surface area contributed by atoms with E-state index in [0.717, 1.165) is 6.07 Å². The number of hydrogen-bond acceptors (Lipinski definition) is 4. The van der Waals surface area contributed by atoms with Gasteiger partial charge in [-0.3, -0.25) is 0 Å². The molecule has 17 heavy (non-hydrogen) atoms. The molecule has 1 aromatic carbocycles. The van der Waals surface area contributed by atoms with Crippen molar-refractivity contribution in [1.82, 2.24) is 4.72 Å². The van der Waals surface area contributed by atoms with Crippen molar-refractivity contribution < 1.29 is 27.4 Å². The number of nitrogens with one attached hydrogen (secondary N) is 1. The first-order valence-electron chi connectivity index (χ1n) is 4.23. The highest BCUT2D eigenvalue weighted by Gasteiger charge is 2.33. The molecule has 92 valence electrons. The number of aromatic hydroxyl groups is 1. The van der Waals surface area contributed by atoms with E-state index in [-0.39, 0.29) is 4.31 Å². The Labute approximate surface area is 94.6 Å². The van der Waals surface area contributed by atoms with Crippen LogP contribution in [0.1, 0.15) is 0 Å². The van der Waals surface area contributed by atoms with E-state index in [1.807, 2.05) is 0 Å². The van der Waals surface area contributed by atoms with Gasteiger partial charge in [-0.2, -0.15) is 8.42 Å². The molecule has 0 aliphatic carbocycles. The lowest BCUT2D eigenvalue weighted by molar-refractivity contribution is 0.392. The lowest BCUT2D eigenvalue weighted by Gasteiger charge is -2.16. The zero-order valence-corrected chi connectivity index (χ0v) is 8.87. The summed E-state index contributed by atoms with van der Waals surface area (Å²) >= 11 is 0. The molecule has 3 N–H and O–H groups in total. The lowest BCUT2D eigenvalue weighted by Crippen LogP contribution is -2.30. The van der Waals surface area contributed by atoms with Crippen LogP contribution in [0.4, 0.5) is 14.5 Å². The van der Waals surface area contributed by atoms with Gasteiger partial charge < -0.3 is 10.2 Å². The predicted molar refractivity (Wildman–Crippen MR) is 53.3 cm³/mol. The molecule has 1 aliphatic rings. The molecule has 0 spiro atoms. The van der Waals surface area contributed by atoms with Gasteiger partial charge >= 0.3 is 10.2 Å². The summed E-state index contributed by atoms with van der Waals surface area (Å²) in [6, 6.07) is 1.44. The molecule has 2 rings (SSSR count). The summed E-state index contributed by atoms with van der Waals surface area (Å²) in [7, 11) is -4.28. The van der Waals surface area contributed by atoms with Crippen LogP contribution < -0.4 is 9.03 Å². The molecular formula is C8H6F2N2O4S. The first-order chi connectivity index (χ1) is 7.83. The van der Waals surface area contributed by atoms with Gasteiger partial charge in [-0.25, -0.2) is 17.8 Å². The minimum Gasteiger partial charge on any atom is -0.506 e. The number of phenolic OH excluding ortho intramolecular Hbond substituents is 1. The second kappa shape index (κ2) is 3.48. The number of rotatable bonds is 1. The molecule has 0 unspecified atom stereocenters. The Morgan fingerprint density at radius 2 is 1.88 bits per heavy atom. The van der Waals surface area contributed by atoms with E-state index in [0.29, 0.717) is 12.3 Å². The van der Waals surface area contributed by atoms with Gasteiger partial charge in [0.25, 0.3) is 0 Å². The van der Waals surface area contributed by atoms with Crippen molar-refractivity contribution in [3.8, 4) is 5.75 Å². The maximum atomic E-state index is 13.4. The van der Waals surface area contributed by atoms with E-state index >= 15 is 0 Å². The smallest absolute Gasteiger partial charge is 0.330 e. The molecule has 0 aromatic heterocycles. The number of phenols is 1. The van der Waals surface area contributed by atoms with Crippen molar-refractivity contribution in [3.05, 3.63) is 35.9 Å². The van der Waals surface area contributed by atoms with Gasteiger partial charge in [0.2, 0.25) is 5.88 Å². The Morgan fingerprint density at radius 3 is 2.41 bits per heavy atom. The third kappa shape index (κ3) is 1.73. The normalized spacial score (nSPS) is 17.8. The average Bonchev–Trinajstić information content (AvgIpc) is 2.47. The van der Waals surface area contributed by atoms with Gasteiger partial charge in [-0.15, -0.1) is 0 Å². The van der Waals surface area contributed by atoms with Crippen LogP contribution in [0.3, 0.4) is 0 Å². The molecule has 0 atom stereocenters. The third-order valence-corrected chi connectivity index (χ3v) is 3.27. The van der Waals surface area contributed by atoms with E-state index in [2.05, 4.69) is 0 Å². The fourth-order valence-electron chi connectivity index (χ4n) is 1.31. The number of nitrogens with zero attached hydrogens (tertiary/aromatic N) is 1. The number of aliphatic hydroxyl groups excluding tert-OH is 1. The molecule has 0 saturated carbocycles. The van der Waals surface area contributed by atoms with Gasteiger partial charge in [0.15, 0.2) is 11.6 Å². The van der Waals surface area contributed by atoms with Gasteiger partial charge in [0.1, 0.15) is 11.4 Å². The van der Waals surface area contributed by atoms with Crippen molar-refractivity contribution in [2.45, 2.75) is 0 Å². The fourth-order valence-corrected chi connectivity index (χ4v) is 2.38. The molecule has 1 aromatic rings. The summed E-state index contributed by atoms with van der Waals surface area (Å²) in [6.07, 6.45) is 0.604. The first kappa shape index (κ1) is 11.5. The second-order valence-electron chi connectivity index (χ2n) is 3.15. The van der Waals surface area contributed by atoms with Crippen molar-refractivity contribution in [3.63, 3.8) is 0 Å². The summed E-state index contributed by atoms with van der Waals surface area (Å²) in [5, 5.41) is 18.3. The van der Waals surface area contributed by atoms with Crippen LogP contribution >= 0.6 is 0 Å². The summed E-state index contributed by atoms with van der Waals surface area (Å²) in [5.41, 5.74) is -0.901. The Morgan fingerprint density at radius 1 is 1.24 bits per heavy atom. The monoisotopic (exact) mass is 264 g/mol. The van der Waals surface area contributed by atoms with Crippen molar-refractivity contribution in [1.29, 1.82) is 0 Å². The van der Waals surface area contributed by atoms with Crippen molar-refractivity contribution >= 4 is 15.9 Å². The van der Waals surface area contributed by atoms with Gasteiger partial charge in [0, 0.05) is 0 Å². The molecule has 0 saturated heterocycles. The van der Waals surface area contributed by atoms with Gasteiger partial charge in [0.05, 0.1) is 6.20 Å². The zero-order valence-electron chi connectivity index (χ0n) is 8.05. The number of benzene rings is 1. The van der Waals surface area contributed by atoms with Gasteiger partial charge in [-0.05, 0) is 12.1 Å². The molecule has 0 radical (unpaired) electrons. The molecule has 9 heteroatoms. The Hall–Kier alpha value is -2.03. The van der Waals surface area contributed by atoms with Crippen LogP contribution in [0.15, 0.2) is 24.2 Å². The SMILES string of the molecule is O=S1(=O)NC(O)=CN1c1c(O)ccc(F)c1F. The van der Waals surface area contributed by atoms with E-state index in [1.54, 1.807) is 4.72 Å². The number of halogens is 2. The second-order valence-corrected chi connectivity index (χ2v) is 4.69. The zero-order chi connectivity index (χ0) is 12.8. The van der Waals surface area contributed by atoms with Crippen molar-refractivity contribution in [2.24, 2.45) is 0 Å². The largest absolute Gasteiger partial charge is 0.506 e. The van der Waals surface area contributed by atoms with Crippen LogP contribution in [0.25, 0.3) is 0 Å². The van der Waals surface area contributed by atoms with E-state index in [4.69, 9.17) is 5.11 Å². The molecule has 1 heterocycles. The Bertz CT molecular complexity index is 614. The maximum Gasteiger partial charge on any atom is 0.330 e. The highest BCUT2D eigenvalue weighted by Crippen LogP contribution is 2.35. The van der Waals surface area contributed by atoms with Crippen LogP contribution in [0.5, 0.6) is 5.75 Å². The van der Waals surface area contributed by atoms with E-state index < -0.39 is 39.2 Å². The summed E-state index contributed by atoms with van der Waals surface area (Å²) in [5.74, 6) is -4.41. The summed E-state index contributed by atoms with van der Waals surface area (Å²) < 4.78 is 51.0. The molecule has 0 bridgehead atoms. The molecule has 6 nitrogen and oxygen atoms in total. The molecular weight excluding hydrogens is 258 g/mol. The number of anilines is 1. The van der Waals surface area contributed by atoms with Crippen LogP contribution in [0, 0.1) is 11.6 Å². The number of hydrogen-bond donors (Lipinski definition) is 3. The maximum absolute atomic E-state index is 13.4. The quantitative estimate of drug-likeness (QED) is 0.695. The molecule has 0 fully saturated rings. The van der Waals surface area contributed by atoms with Crippen LogP contribution in [0.2, 0.25) is 0 Å².